The molecule has 3 rings (SSSR count). The molecule has 2 aromatic rings. The molecule has 1 amide bonds. The summed E-state index contributed by atoms with van der Waals surface area (Å²) in [5.74, 6) is 0.530. The van der Waals surface area contributed by atoms with Crippen LogP contribution in [0.25, 0.3) is 0 Å². The molecule has 5 heteroatoms. The number of hydrogen-bond donors (Lipinski definition) is 0. The molecule has 4 nitrogen and oxygen atoms in total. The molecular formula is C20H24ClN3O. The van der Waals surface area contributed by atoms with Gasteiger partial charge in [-0.05, 0) is 29.2 Å². The van der Waals surface area contributed by atoms with Crippen LogP contribution in [0.15, 0.2) is 42.6 Å². The van der Waals surface area contributed by atoms with Crippen LogP contribution in [-0.2, 0) is 6.54 Å². The van der Waals surface area contributed by atoms with E-state index in [1.54, 1.807) is 18.3 Å². The van der Waals surface area contributed by atoms with Gasteiger partial charge in [0.15, 0.2) is 0 Å². The third kappa shape index (κ3) is 4.39. The first-order valence-electron chi connectivity index (χ1n) is 8.75. The lowest BCUT2D eigenvalue weighted by Crippen LogP contribution is -2.48. The summed E-state index contributed by atoms with van der Waals surface area (Å²) in [7, 11) is 0. The third-order valence-electron chi connectivity index (χ3n) is 4.70. The van der Waals surface area contributed by atoms with Crippen LogP contribution < -0.4 is 0 Å². The summed E-state index contributed by atoms with van der Waals surface area (Å²) in [6.45, 7) is 8.51. The number of amides is 1. The molecule has 0 N–H and O–H groups in total. The zero-order valence-corrected chi connectivity index (χ0v) is 15.5. The molecule has 0 atom stereocenters. The van der Waals surface area contributed by atoms with Crippen LogP contribution in [0.5, 0.6) is 0 Å². The molecule has 0 saturated carbocycles. The summed E-state index contributed by atoms with van der Waals surface area (Å²) in [5, 5.41) is 0.278. The van der Waals surface area contributed by atoms with Gasteiger partial charge in [-0.1, -0.05) is 49.7 Å². The second kappa shape index (κ2) is 7.98. The fraction of sp³-hybridized carbons (Fsp3) is 0.400. The number of piperazine rings is 1. The number of carbonyl (C=O) groups is 1. The Hall–Kier alpha value is -1.91. The minimum absolute atomic E-state index is 0.0287. The number of pyridine rings is 1. The summed E-state index contributed by atoms with van der Waals surface area (Å²) in [6, 6.07) is 12.3. The maximum atomic E-state index is 12.6. The van der Waals surface area contributed by atoms with Gasteiger partial charge in [0.2, 0.25) is 0 Å². The number of carbonyl (C=O) groups excluding carboxylic acids is 1. The van der Waals surface area contributed by atoms with Crippen LogP contribution >= 0.6 is 11.6 Å². The van der Waals surface area contributed by atoms with Crippen molar-refractivity contribution >= 4 is 17.5 Å². The minimum atomic E-state index is -0.0287. The highest BCUT2D eigenvalue weighted by atomic mass is 35.5. The number of rotatable bonds is 4. The Morgan fingerprint density at radius 1 is 1.12 bits per heavy atom. The topological polar surface area (TPSA) is 36.4 Å². The SMILES string of the molecule is CC(C)c1ccc(CN2CCN(C(=O)c3cccnc3Cl)CC2)cc1. The van der Waals surface area contributed by atoms with E-state index in [-0.39, 0.29) is 11.1 Å². The lowest BCUT2D eigenvalue weighted by atomic mass is 10.0. The van der Waals surface area contributed by atoms with Gasteiger partial charge < -0.3 is 4.90 Å². The summed E-state index contributed by atoms with van der Waals surface area (Å²) in [4.78, 5) is 20.8. The molecule has 2 heterocycles. The van der Waals surface area contributed by atoms with Gasteiger partial charge in [0.1, 0.15) is 5.15 Å². The van der Waals surface area contributed by atoms with Crippen molar-refractivity contribution in [3.63, 3.8) is 0 Å². The van der Waals surface area contributed by atoms with Crippen molar-refractivity contribution in [1.29, 1.82) is 0 Å². The Morgan fingerprint density at radius 3 is 2.40 bits per heavy atom. The van der Waals surface area contributed by atoms with Gasteiger partial charge in [-0.25, -0.2) is 4.98 Å². The molecule has 1 fully saturated rings. The fourth-order valence-electron chi connectivity index (χ4n) is 3.09. The van der Waals surface area contributed by atoms with Gasteiger partial charge in [-0.2, -0.15) is 0 Å². The minimum Gasteiger partial charge on any atom is -0.336 e. The molecule has 1 saturated heterocycles. The Morgan fingerprint density at radius 2 is 1.80 bits per heavy atom. The van der Waals surface area contributed by atoms with E-state index >= 15 is 0 Å². The van der Waals surface area contributed by atoms with Gasteiger partial charge in [0, 0.05) is 38.9 Å². The second-order valence-electron chi connectivity index (χ2n) is 6.81. The van der Waals surface area contributed by atoms with Crippen LogP contribution in [0, 0.1) is 0 Å². The maximum Gasteiger partial charge on any atom is 0.257 e. The smallest absolute Gasteiger partial charge is 0.257 e. The van der Waals surface area contributed by atoms with E-state index in [1.165, 1.54) is 11.1 Å². The van der Waals surface area contributed by atoms with Crippen molar-refractivity contribution in [3.8, 4) is 0 Å². The Bertz CT molecular complexity index is 722. The monoisotopic (exact) mass is 357 g/mol. The highest BCUT2D eigenvalue weighted by Crippen LogP contribution is 2.18. The summed E-state index contributed by atoms with van der Waals surface area (Å²) in [5.41, 5.74) is 3.17. The lowest BCUT2D eigenvalue weighted by Gasteiger charge is -2.34. The van der Waals surface area contributed by atoms with Crippen molar-refractivity contribution in [3.05, 3.63) is 64.4 Å². The highest BCUT2D eigenvalue weighted by Gasteiger charge is 2.23. The van der Waals surface area contributed by atoms with E-state index in [2.05, 4.69) is 48.0 Å². The average molecular weight is 358 g/mol. The van der Waals surface area contributed by atoms with E-state index in [0.717, 1.165) is 19.6 Å². The van der Waals surface area contributed by atoms with Gasteiger partial charge >= 0.3 is 0 Å². The molecule has 1 aromatic carbocycles. The standard InChI is InChI=1S/C20H24ClN3O/c1-15(2)17-7-5-16(6-8-17)14-23-10-12-24(13-11-23)20(25)18-4-3-9-22-19(18)21/h3-9,15H,10-14H2,1-2H3. The molecule has 0 spiro atoms. The van der Waals surface area contributed by atoms with Gasteiger partial charge in [0.25, 0.3) is 5.91 Å². The Labute approximate surface area is 154 Å². The van der Waals surface area contributed by atoms with Crippen molar-refractivity contribution < 1.29 is 4.79 Å². The van der Waals surface area contributed by atoms with Crippen LogP contribution in [0.4, 0.5) is 0 Å². The molecule has 0 radical (unpaired) electrons. The molecule has 0 unspecified atom stereocenters. The van der Waals surface area contributed by atoms with Crippen LogP contribution in [-0.4, -0.2) is 46.9 Å². The number of benzene rings is 1. The molecule has 132 valence electrons. The number of hydrogen-bond acceptors (Lipinski definition) is 3. The predicted octanol–water partition coefficient (Wildman–Crippen LogP) is 3.82. The van der Waals surface area contributed by atoms with Gasteiger partial charge in [-0.3, -0.25) is 9.69 Å². The first-order valence-corrected chi connectivity index (χ1v) is 9.13. The first kappa shape index (κ1) is 17.9. The van der Waals surface area contributed by atoms with Crippen molar-refractivity contribution in [2.75, 3.05) is 26.2 Å². The molecule has 0 bridgehead atoms. The first-order chi connectivity index (χ1) is 12.0. The quantitative estimate of drug-likeness (QED) is 0.780. The second-order valence-corrected chi connectivity index (χ2v) is 7.16. The van der Waals surface area contributed by atoms with Crippen molar-refractivity contribution in [2.24, 2.45) is 0 Å². The Balaban J connectivity index is 1.55. The zero-order chi connectivity index (χ0) is 17.8. The van der Waals surface area contributed by atoms with Crippen LogP contribution in [0.1, 0.15) is 41.3 Å². The van der Waals surface area contributed by atoms with Crippen LogP contribution in [0.3, 0.4) is 0 Å². The van der Waals surface area contributed by atoms with E-state index < -0.39 is 0 Å². The van der Waals surface area contributed by atoms with Gasteiger partial charge in [-0.15, -0.1) is 0 Å². The molecule has 1 aliphatic rings. The summed E-state index contributed by atoms with van der Waals surface area (Å²) < 4.78 is 0. The van der Waals surface area contributed by atoms with Gasteiger partial charge in [0.05, 0.1) is 5.56 Å². The normalized spacial score (nSPS) is 15.6. The fourth-order valence-corrected chi connectivity index (χ4v) is 3.29. The molecular weight excluding hydrogens is 334 g/mol. The summed E-state index contributed by atoms with van der Waals surface area (Å²) in [6.07, 6.45) is 1.60. The predicted molar refractivity (Wildman–Crippen MR) is 101 cm³/mol. The van der Waals surface area contributed by atoms with E-state index in [9.17, 15) is 4.79 Å². The average Bonchev–Trinajstić information content (AvgIpc) is 2.63. The summed E-state index contributed by atoms with van der Waals surface area (Å²) >= 11 is 6.04. The maximum absolute atomic E-state index is 12.6. The Kier molecular flexibility index (Phi) is 5.71. The van der Waals surface area contributed by atoms with E-state index in [1.807, 2.05) is 4.90 Å². The van der Waals surface area contributed by atoms with Crippen molar-refractivity contribution in [2.45, 2.75) is 26.3 Å². The van der Waals surface area contributed by atoms with E-state index in [4.69, 9.17) is 11.6 Å². The molecule has 0 aliphatic carbocycles. The van der Waals surface area contributed by atoms with Crippen molar-refractivity contribution in [1.82, 2.24) is 14.8 Å². The zero-order valence-electron chi connectivity index (χ0n) is 14.8. The van der Waals surface area contributed by atoms with Crippen LogP contribution in [0.2, 0.25) is 5.15 Å². The third-order valence-corrected chi connectivity index (χ3v) is 5.00. The lowest BCUT2D eigenvalue weighted by molar-refractivity contribution is 0.0628. The molecule has 25 heavy (non-hydrogen) atoms. The van der Waals surface area contributed by atoms with E-state index in [0.29, 0.717) is 24.6 Å². The highest BCUT2D eigenvalue weighted by molar-refractivity contribution is 6.32. The molecule has 1 aromatic heterocycles. The largest absolute Gasteiger partial charge is 0.336 e. The molecule has 1 aliphatic heterocycles. The number of aromatic nitrogens is 1. The number of halogens is 1. The number of nitrogens with zero attached hydrogens (tertiary/aromatic N) is 3.